The predicted octanol–water partition coefficient (Wildman–Crippen LogP) is 5.66. The molecule has 0 bridgehead atoms. The first-order chi connectivity index (χ1) is 14.8. The Bertz CT molecular complexity index is 965. The van der Waals surface area contributed by atoms with Crippen LogP contribution in [0.2, 0.25) is 5.02 Å². The van der Waals surface area contributed by atoms with Crippen molar-refractivity contribution >= 4 is 11.6 Å². The summed E-state index contributed by atoms with van der Waals surface area (Å²) >= 11 is 6.22. The predicted molar refractivity (Wildman–Crippen MR) is 120 cm³/mol. The van der Waals surface area contributed by atoms with E-state index < -0.39 is 0 Å². The van der Waals surface area contributed by atoms with Crippen LogP contribution < -0.4 is 10.1 Å². The molecule has 0 saturated heterocycles. The van der Waals surface area contributed by atoms with E-state index in [9.17, 15) is 0 Å². The van der Waals surface area contributed by atoms with Crippen molar-refractivity contribution in [3.05, 3.63) is 70.8 Å². The maximum absolute atomic E-state index is 6.22. The molecule has 3 aromatic rings. The molecule has 30 heavy (non-hydrogen) atoms. The summed E-state index contributed by atoms with van der Waals surface area (Å²) in [5, 5.41) is 13.3. The molecule has 1 aliphatic heterocycles. The zero-order valence-corrected chi connectivity index (χ0v) is 18.4. The Morgan fingerprint density at radius 2 is 1.73 bits per heavy atom. The minimum Gasteiger partial charge on any atom is -0.490 e. The first-order valence-electron chi connectivity index (χ1n) is 10.9. The second kappa shape index (κ2) is 9.63. The third-order valence-corrected chi connectivity index (χ3v) is 5.96. The van der Waals surface area contributed by atoms with Gasteiger partial charge in [0.15, 0.2) is 5.82 Å². The number of nitrogens with zero attached hydrogens (tertiary/aromatic N) is 3. The van der Waals surface area contributed by atoms with Crippen molar-refractivity contribution in [3.8, 4) is 11.4 Å². The molecule has 0 unspecified atom stereocenters. The Balaban J connectivity index is 0.00000106. The van der Waals surface area contributed by atoms with Gasteiger partial charge in [0, 0.05) is 17.5 Å². The van der Waals surface area contributed by atoms with Crippen molar-refractivity contribution in [2.24, 2.45) is 0 Å². The number of rotatable bonds is 3. The van der Waals surface area contributed by atoms with E-state index in [2.05, 4.69) is 26.1 Å². The molecule has 1 aromatic heterocycles. The Labute approximate surface area is 183 Å². The van der Waals surface area contributed by atoms with Crippen molar-refractivity contribution in [1.82, 2.24) is 20.1 Å². The molecule has 2 aliphatic rings. The van der Waals surface area contributed by atoms with E-state index in [4.69, 9.17) is 16.3 Å². The molecule has 1 aliphatic carbocycles. The lowest BCUT2D eigenvalue weighted by atomic mass is 9.86. The van der Waals surface area contributed by atoms with Gasteiger partial charge >= 0.3 is 0 Å². The number of hydrogen-bond donors (Lipinski definition) is 1. The van der Waals surface area contributed by atoms with Crippen LogP contribution in [-0.2, 0) is 13.1 Å². The van der Waals surface area contributed by atoms with E-state index in [1.54, 1.807) is 0 Å². The summed E-state index contributed by atoms with van der Waals surface area (Å²) in [6.07, 6.45) is 4.47. The van der Waals surface area contributed by atoms with E-state index in [0.29, 0.717) is 12.5 Å². The molecule has 1 saturated carbocycles. The standard InChI is InChI=1S/C22H23ClN4O.C2H6/c23-17-8-11-20-16(12-17)13-24-14-21-25-26-22(27(20)21)15-6-9-19(10-7-15)28-18-4-2-1-3-5-18;1-2/h1-5,8,11-12,15,19,24H,6-7,9-10,13-14H2;1-2H3. The monoisotopic (exact) mass is 424 g/mol. The maximum Gasteiger partial charge on any atom is 0.151 e. The Morgan fingerprint density at radius 3 is 2.50 bits per heavy atom. The van der Waals surface area contributed by atoms with Crippen LogP contribution in [0.1, 0.15) is 62.7 Å². The van der Waals surface area contributed by atoms with E-state index in [0.717, 1.165) is 60.3 Å². The van der Waals surface area contributed by atoms with Gasteiger partial charge in [-0.2, -0.15) is 0 Å². The Hall–Kier alpha value is -2.37. The lowest BCUT2D eigenvalue weighted by Gasteiger charge is -2.29. The molecule has 1 N–H and O–H groups in total. The highest BCUT2D eigenvalue weighted by molar-refractivity contribution is 6.30. The fourth-order valence-electron chi connectivity index (χ4n) is 4.32. The Kier molecular flexibility index (Phi) is 6.70. The summed E-state index contributed by atoms with van der Waals surface area (Å²) in [4.78, 5) is 0. The van der Waals surface area contributed by atoms with Crippen LogP contribution in [0.5, 0.6) is 5.75 Å². The highest BCUT2D eigenvalue weighted by Gasteiger charge is 2.29. The second-order valence-corrected chi connectivity index (χ2v) is 8.03. The van der Waals surface area contributed by atoms with E-state index >= 15 is 0 Å². The topological polar surface area (TPSA) is 52.0 Å². The fraction of sp³-hybridized carbons (Fsp3) is 0.417. The van der Waals surface area contributed by atoms with Gasteiger partial charge in [-0.1, -0.05) is 43.6 Å². The number of benzene rings is 2. The molecule has 2 aromatic carbocycles. The number of para-hydroxylation sites is 1. The fourth-order valence-corrected chi connectivity index (χ4v) is 4.52. The van der Waals surface area contributed by atoms with Crippen molar-refractivity contribution in [2.45, 2.75) is 64.6 Å². The molecule has 5 rings (SSSR count). The minimum absolute atomic E-state index is 0.276. The number of hydrogen-bond acceptors (Lipinski definition) is 4. The molecule has 0 spiro atoms. The third kappa shape index (κ3) is 4.37. The van der Waals surface area contributed by atoms with Gasteiger partial charge in [-0.15, -0.1) is 10.2 Å². The Morgan fingerprint density at radius 1 is 0.967 bits per heavy atom. The maximum atomic E-state index is 6.22. The smallest absolute Gasteiger partial charge is 0.151 e. The van der Waals surface area contributed by atoms with Gasteiger partial charge in [0.1, 0.15) is 11.6 Å². The summed E-state index contributed by atoms with van der Waals surface area (Å²) in [5.74, 6) is 3.40. The van der Waals surface area contributed by atoms with Crippen LogP contribution in [-0.4, -0.2) is 20.9 Å². The van der Waals surface area contributed by atoms with Crippen molar-refractivity contribution in [3.63, 3.8) is 0 Å². The third-order valence-electron chi connectivity index (χ3n) is 5.72. The first kappa shape index (κ1) is 20.9. The quantitative estimate of drug-likeness (QED) is 0.589. The summed E-state index contributed by atoms with van der Waals surface area (Å²) in [7, 11) is 0. The average molecular weight is 425 g/mol. The van der Waals surface area contributed by atoms with Gasteiger partial charge in [0.2, 0.25) is 0 Å². The number of nitrogens with one attached hydrogen (secondary N) is 1. The normalized spacial score (nSPS) is 20.2. The van der Waals surface area contributed by atoms with Crippen LogP contribution in [0, 0.1) is 0 Å². The zero-order chi connectivity index (χ0) is 20.9. The SMILES string of the molecule is CC.Clc1ccc2c(c1)CNCc1nnc(C3CCC(Oc4ccccc4)CC3)n1-2. The molecule has 0 atom stereocenters. The second-order valence-electron chi connectivity index (χ2n) is 7.59. The zero-order valence-electron chi connectivity index (χ0n) is 17.6. The van der Waals surface area contributed by atoms with Crippen LogP contribution in [0.25, 0.3) is 5.69 Å². The molecule has 5 nitrogen and oxygen atoms in total. The van der Waals surface area contributed by atoms with E-state index in [-0.39, 0.29) is 6.10 Å². The van der Waals surface area contributed by atoms with Crippen molar-refractivity contribution < 1.29 is 4.74 Å². The first-order valence-corrected chi connectivity index (χ1v) is 11.3. The number of ether oxygens (including phenoxy) is 1. The molecule has 0 radical (unpaired) electrons. The van der Waals surface area contributed by atoms with Gasteiger partial charge in [-0.05, 0) is 61.6 Å². The summed E-state index contributed by atoms with van der Waals surface area (Å²) in [6.45, 7) is 5.50. The molecule has 6 heteroatoms. The number of halogens is 1. The summed E-state index contributed by atoms with van der Waals surface area (Å²) < 4.78 is 8.40. The average Bonchev–Trinajstić information content (AvgIpc) is 3.12. The van der Waals surface area contributed by atoms with Crippen LogP contribution in [0.4, 0.5) is 0 Å². The van der Waals surface area contributed by atoms with Crippen molar-refractivity contribution in [1.29, 1.82) is 0 Å². The molecule has 158 valence electrons. The molecular weight excluding hydrogens is 396 g/mol. The highest BCUT2D eigenvalue weighted by Crippen LogP contribution is 2.36. The lowest BCUT2D eigenvalue weighted by molar-refractivity contribution is 0.144. The van der Waals surface area contributed by atoms with Crippen LogP contribution in [0.3, 0.4) is 0 Å². The summed E-state index contributed by atoms with van der Waals surface area (Å²) in [6, 6.07) is 16.2. The summed E-state index contributed by atoms with van der Waals surface area (Å²) in [5.41, 5.74) is 2.33. The van der Waals surface area contributed by atoms with E-state index in [1.807, 2.05) is 56.3 Å². The van der Waals surface area contributed by atoms with Crippen LogP contribution in [0.15, 0.2) is 48.5 Å². The highest BCUT2D eigenvalue weighted by atomic mass is 35.5. The van der Waals surface area contributed by atoms with E-state index in [1.165, 1.54) is 5.56 Å². The molecular formula is C24H29ClN4O. The number of fused-ring (bicyclic) bond motifs is 3. The number of aromatic nitrogens is 3. The van der Waals surface area contributed by atoms with Gasteiger partial charge in [0.25, 0.3) is 0 Å². The molecule has 2 heterocycles. The van der Waals surface area contributed by atoms with Crippen molar-refractivity contribution in [2.75, 3.05) is 0 Å². The largest absolute Gasteiger partial charge is 0.490 e. The van der Waals surface area contributed by atoms with Gasteiger partial charge < -0.3 is 10.1 Å². The lowest BCUT2D eigenvalue weighted by Crippen LogP contribution is -2.24. The minimum atomic E-state index is 0.276. The van der Waals surface area contributed by atoms with Gasteiger partial charge in [-0.3, -0.25) is 4.57 Å². The van der Waals surface area contributed by atoms with Gasteiger partial charge in [-0.25, -0.2) is 0 Å². The van der Waals surface area contributed by atoms with Crippen LogP contribution >= 0.6 is 11.6 Å². The molecule has 0 amide bonds. The molecule has 1 fully saturated rings. The van der Waals surface area contributed by atoms with Gasteiger partial charge in [0.05, 0.1) is 18.3 Å².